The van der Waals surface area contributed by atoms with Crippen molar-refractivity contribution in [3.8, 4) is 0 Å². The fourth-order valence-electron chi connectivity index (χ4n) is 3.40. The third-order valence-corrected chi connectivity index (χ3v) is 5.64. The molecule has 3 atom stereocenters. The number of carbonyl (C=O) groups excluding carboxylic acids is 1. The summed E-state index contributed by atoms with van der Waals surface area (Å²) in [5.74, 6) is 0.0816. The Bertz CT molecular complexity index is 738. The predicted octanol–water partition coefficient (Wildman–Crippen LogP) is 4.02. The van der Waals surface area contributed by atoms with Gasteiger partial charge in [0, 0.05) is 17.2 Å². The lowest BCUT2D eigenvalue weighted by molar-refractivity contribution is -0.0653. The van der Waals surface area contributed by atoms with Crippen LogP contribution < -0.4 is 5.32 Å². The first-order chi connectivity index (χ1) is 12.7. The molecule has 3 rings (SSSR count). The highest BCUT2D eigenvalue weighted by atomic mass is 32.2. The maximum Gasteiger partial charge on any atom is 0.413 e. The first kappa shape index (κ1) is 20.1. The Balaban J connectivity index is 1.93. The highest BCUT2D eigenvalue weighted by Crippen LogP contribution is 2.46. The Labute approximate surface area is 161 Å². The van der Waals surface area contributed by atoms with Crippen molar-refractivity contribution in [3.63, 3.8) is 0 Å². The average Bonchev–Trinajstić information content (AvgIpc) is 2.59. The van der Waals surface area contributed by atoms with Crippen LogP contribution >= 0.6 is 11.8 Å². The van der Waals surface area contributed by atoms with Gasteiger partial charge in [-0.3, -0.25) is 5.32 Å². The molecule has 148 valence electrons. The van der Waals surface area contributed by atoms with Crippen LogP contribution in [0.25, 0.3) is 0 Å². The van der Waals surface area contributed by atoms with Crippen molar-refractivity contribution in [1.29, 1.82) is 0 Å². The van der Waals surface area contributed by atoms with Gasteiger partial charge in [-0.1, -0.05) is 30.0 Å². The zero-order valence-electron chi connectivity index (χ0n) is 15.6. The van der Waals surface area contributed by atoms with E-state index in [0.717, 1.165) is 0 Å². The van der Waals surface area contributed by atoms with Crippen LogP contribution in [0.5, 0.6) is 0 Å². The summed E-state index contributed by atoms with van der Waals surface area (Å²) in [7, 11) is 0. The molecule has 2 heterocycles. The fraction of sp³-hybridized carbons (Fsp3) is 0.579. The number of halogens is 2. The van der Waals surface area contributed by atoms with Crippen LogP contribution in [0, 0.1) is 11.7 Å². The number of nitrogens with one attached hydrogen (secondary N) is 1. The van der Waals surface area contributed by atoms with Gasteiger partial charge < -0.3 is 9.47 Å². The Kier molecular flexibility index (Phi) is 5.76. The van der Waals surface area contributed by atoms with Crippen molar-refractivity contribution >= 4 is 23.0 Å². The van der Waals surface area contributed by atoms with Crippen LogP contribution in [0.3, 0.4) is 0 Å². The number of nitrogens with zero attached hydrogens (tertiary/aromatic N) is 1. The Hall–Kier alpha value is -1.67. The zero-order chi connectivity index (χ0) is 19.7. The van der Waals surface area contributed by atoms with Crippen molar-refractivity contribution in [3.05, 3.63) is 35.6 Å². The number of fused-ring (bicyclic) bond motifs is 1. The minimum atomic E-state index is -0.993. The molecular formula is C19H24F2N2O3S. The van der Waals surface area contributed by atoms with Gasteiger partial charge in [-0.05, 0) is 33.3 Å². The zero-order valence-corrected chi connectivity index (χ0v) is 16.4. The van der Waals surface area contributed by atoms with Crippen LogP contribution in [0.1, 0.15) is 32.8 Å². The normalized spacial score (nSPS) is 28.1. The number of aliphatic imine (C=N–C) groups is 1. The molecule has 1 aromatic rings. The molecule has 1 fully saturated rings. The third-order valence-electron chi connectivity index (χ3n) is 4.60. The Morgan fingerprint density at radius 3 is 2.85 bits per heavy atom. The number of thioether (sulfide) groups is 1. The lowest BCUT2D eigenvalue weighted by Gasteiger charge is -2.46. The molecule has 0 radical (unpaired) electrons. The number of carbonyl (C=O) groups is 1. The molecule has 5 nitrogen and oxygen atoms in total. The van der Waals surface area contributed by atoms with Crippen LogP contribution in [0.15, 0.2) is 29.3 Å². The van der Waals surface area contributed by atoms with Crippen molar-refractivity contribution < 1.29 is 23.0 Å². The molecule has 27 heavy (non-hydrogen) atoms. The van der Waals surface area contributed by atoms with E-state index in [9.17, 15) is 13.6 Å². The highest BCUT2D eigenvalue weighted by Gasteiger charge is 2.49. The minimum absolute atomic E-state index is 0.0627. The topological polar surface area (TPSA) is 59.9 Å². The number of rotatable bonds is 2. The smallest absolute Gasteiger partial charge is 0.413 e. The van der Waals surface area contributed by atoms with E-state index in [-0.39, 0.29) is 12.5 Å². The molecule has 0 bridgehead atoms. The van der Waals surface area contributed by atoms with E-state index in [4.69, 9.17) is 9.47 Å². The lowest BCUT2D eigenvalue weighted by Crippen LogP contribution is -2.51. The predicted molar refractivity (Wildman–Crippen MR) is 101 cm³/mol. The molecule has 1 aromatic carbocycles. The highest BCUT2D eigenvalue weighted by molar-refractivity contribution is 8.13. The molecule has 0 aromatic heterocycles. The standard InChI is InChI=1S/C19H24F2N2O3S/c1-18(2,3)26-17(24)22-16-23-19(14-6-4-5-7-15(14)21)11-25-13(9-20)8-12(19)10-27-16/h4-7,12-13H,8-11H2,1-3H3,(H,22,23,24)/t12-,13+,19-/m0/s1. The second-order valence-corrected chi connectivity index (χ2v) is 8.79. The van der Waals surface area contributed by atoms with Crippen LogP contribution in [-0.2, 0) is 15.0 Å². The molecule has 0 unspecified atom stereocenters. The number of alkyl carbamates (subject to hydrolysis) is 1. The van der Waals surface area contributed by atoms with Crippen molar-refractivity contribution in [2.45, 2.75) is 44.4 Å². The maximum atomic E-state index is 14.6. The molecule has 0 saturated carbocycles. The summed E-state index contributed by atoms with van der Waals surface area (Å²) in [6, 6.07) is 6.40. The van der Waals surface area contributed by atoms with Gasteiger partial charge in [-0.2, -0.15) is 0 Å². The number of hydrogen-bond donors (Lipinski definition) is 1. The van der Waals surface area contributed by atoms with Gasteiger partial charge in [0.1, 0.15) is 23.6 Å². The minimum Gasteiger partial charge on any atom is -0.444 e. The number of alkyl halides is 1. The average molecular weight is 398 g/mol. The largest absolute Gasteiger partial charge is 0.444 e. The summed E-state index contributed by atoms with van der Waals surface area (Å²) in [6.45, 7) is 4.79. The summed E-state index contributed by atoms with van der Waals surface area (Å²) < 4.78 is 38.7. The van der Waals surface area contributed by atoms with E-state index in [1.54, 1.807) is 39.0 Å². The number of ether oxygens (including phenoxy) is 2. The Morgan fingerprint density at radius 1 is 1.44 bits per heavy atom. The van der Waals surface area contributed by atoms with E-state index in [1.807, 2.05) is 0 Å². The number of benzene rings is 1. The molecule has 1 N–H and O–H groups in total. The second kappa shape index (κ2) is 7.75. The molecule has 0 spiro atoms. The van der Waals surface area contributed by atoms with Crippen LogP contribution in [-0.4, -0.2) is 42.0 Å². The summed E-state index contributed by atoms with van der Waals surface area (Å²) in [5, 5.41) is 3.00. The fourth-order valence-corrected chi connectivity index (χ4v) is 4.55. The second-order valence-electron chi connectivity index (χ2n) is 7.78. The molecule has 1 saturated heterocycles. The van der Waals surface area contributed by atoms with Gasteiger partial charge in [0.25, 0.3) is 0 Å². The lowest BCUT2D eigenvalue weighted by atomic mass is 9.75. The maximum absolute atomic E-state index is 14.6. The van der Waals surface area contributed by atoms with Gasteiger partial charge in [-0.15, -0.1) is 0 Å². The molecule has 1 amide bonds. The quantitative estimate of drug-likeness (QED) is 0.817. The molecule has 8 heteroatoms. The van der Waals surface area contributed by atoms with Crippen molar-refractivity contribution in [2.75, 3.05) is 19.0 Å². The van der Waals surface area contributed by atoms with Gasteiger partial charge in [0.15, 0.2) is 5.17 Å². The summed E-state index contributed by atoms with van der Waals surface area (Å²) in [4.78, 5) is 16.8. The van der Waals surface area contributed by atoms with E-state index >= 15 is 0 Å². The van der Waals surface area contributed by atoms with Gasteiger partial charge in [-0.25, -0.2) is 18.6 Å². The van der Waals surface area contributed by atoms with Crippen LogP contribution in [0.2, 0.25) is 0 Å². The van der Waals surface area contributed by atoms with E-state index in [1.165, 1.54) is 17.8 Å². The van der Waals surface area contributed by atoms with Crippen molar-refractivity contribution in [1.82, 2.24) is 5.32 Å². The monoisotopic (exact) mass is 398 g/mol. The van der Waals surface area contributed by atoms with Gasteiger partial charge >= 0.3 is 6.09 Å². The first-order valence-electron chi connectivity index (χ1n) is 8.89. The van der Waals surface area contributed by atoms with Gasteiger partial charge in [0.05, 0.1) is 12.7 Å². The molecular weight excluding hydrogens is 374 g/mol. The SMILES string of the molecule is CC(C)(C)OC(=O)NC1=N[C@@]2(c3ccccc3F)CO[C@@H](CF)C[C@H]2CS1. The first-order valence-corrected chi connectivity index (χ1v) is 9.87. The van der Waals surface area contributed by atoms with Gasteiger partial charge in [0.2, 0.25) is 0 Å². The molecule has 2 aliphatic rings. The van der Waals surface area contributed by atoms with E-state index in [2.05, 4.69) is 10.3 Å². The number of hydrogen-bond acceptors (Lipinski definition) is 5. The Morgan fingerprint density at radius 2 is 2.19 bits per heavy atom. The third kappa shape index (κ3) is 4.43. The molecule has 2 aliphatic heterocycles. The number of amides is 1. The van der Waals surface area contributed by atoms with Crippen LogP contribution in [0.4, 0.5) is 13.6 Å². The summed E-state index contributed by atoms with van der Waals surface area (Å²) in [5.41, 5.74) is -1.24. The number of amidine groups is 1. The van der Waals surface area contributed by atoms with E-state index < -0.39 is 35.8 Å². The molecule has 0 aliphatic carbocycles. The summed E-state index contributed by atoms with van der Waals surface area (Å²) >= 11 is 1.35. The van der Waals surface area contributed by atoms with Crippen molar-refractivity contribution in [2.24, 2.45) is 10.9 Å². The van der Waals surface area contributed by atoms with E-state index in [0.29, 0.717) is 22.9 Å². The summed E-state index contributed by atoms with van der Waals surface area (Å²) in [6.07, 6.45) is -0.679.